The van der Waals surface area contributed by atoms with E-state index in [1.807, 2.05) is 6.92 Å². The van der Waals surface area contributed by atoms with Gasteiger partial charge in [0.05, 0.1) is 19.5 Å². The second kappa shape index (κ2) is 6.84. The Balaban J connectivity index is 2.02. The first-order valence-electron chi connectivity index (χ1n) is 6.63. The van der Waals surface area contributed by atoms with Crippen molar-refractivity contribution in [2.24, 2.45) is 0 Å². The maximum absolute atomic E-state index is 13.4. The minimum atomic E-state index is -1.13. The SMILES string of the molecule is COc1cc(F)cc(CC(C)Nc2cnc(C(=O)O)cn2)c1. The summed E-state index contributed by atoms with van der Waals surface area (Å²) in [6.45, 7) is 1.91. The molecule has 0 spiro atoms. The van der Waals surface area contributed by atoms with Gasteiger partial charge in [-0.25, -0.2) is 19.2 Å². The number of nitrogens with zero attached hydrogens (tertiary/aromatic N) is 2. The zero-order valence-corrected chi connectivity index (χ0v) is 12.2. The van der Waals surface area contributed by atoms with E-state index in [9.17, 15) is 9.18 Å². The molecule has 0 amide bonds. The smallest absolute Gasteiger partial charge is 0.356 e. The number of hydrogen-bond donors (Lipinski definition) is 2. The number of benzene rings is 1. The molecule has 6 nitrogen and oxygen atoms in total. The Kier molecular flexibility index (Phi) is 4.88. The molecule has 7 heteroatoms. The highest BCUT2D eigenvalue weighted by atomic mass is 19.1. The first-order valence-corrected chi connectivity index (χ1v) is 6.63. The maximum atomic E-state index is 13.4. The van der Waals surface area contributed by atoms with Crippen LogP contribution in [0.15, 0.2) is 30.6 Å². The summed E-state index contributed by atoms with van der Waals surface area (Å²) >= 11 is 0. The Hall–Kier alpha value is -2.70. The summed E-state index contributed by atoms with van der Waals surface area (Å²) in [5.74, 6) is -0.556. The molecule has 0 aliphatic carbocycles. The number of carboxylic acids is 1. The van der Waals surface area contributed by atoms with Crippen LogP contribution in [0.4, 0.5) is 10.2 Å². The Morgan fingerprint density at radius 1 is 1.36 bits per heavy atom. The van der Waals surface area contributed by atoms with E-state index >= 15 is 0 Å². The second-order valence-electron chi connectivity index (χ2n) is 4.84. The molecule has 0 aliphatic heterocycles. The summed E-state index contributed by atoms with van der Waals surface area (Å²) in [5.41, 5.74) is 0.667. The van der Waals surface area contributed by atoms with Crippen molar-refractivity contribution < 1.29 is 19.0 Å². The van der Waals surface area contributed by atoms with E-state index in [1.54, 1.807) is 6.07 Å². The van der Waals surface area contributed by atoms with Crippen molar-refractivity contribution in [3.05, 3.63) is 47.7 Å². The maximum Gasteiger partial charge on any atom is 0.356 e. The van der Waals surface area contributed by atoms with Crippen molar-refractivity contribution in [1.82, 2.24) is 9.97 Å². The van der Waals surface area contributed by atoms with Gasteiger partial charge in [0.15, 0.2) is 5.69 Å². The molecule has 0 fully saturated rings. The van der Waals surface area contributed by atoms with Gasteiger partial charge in [-0.05, 0) is 31.0 Å². The van der Waals surface area contributed by atoms with E-state index in [1.165, 1.54) is 31.6 Å². The zero-order chi connectivity index (χ0) is 16.1. The number of anilines is 1. The molecule has 1 atom stereocenters. The fourth-order valence-corrected chi connectivity index (χ4v) is 2.03. The molecule has 1 aromatic carbocycles. The molecule has 1 aromatic heterocycles. The monoisotopic (exact) mass is 305 g/mol. The van der Waals surface area contributed by atoms with Crippen LogP contribution in [0.1, 0.15) is 23.0 Å². The molecular weight excluding hydrogens is 289 g/mol. The summed E-state index contributed by atoms with van der Waals surface area (Å²) < 4.78 is 18.5. The highest BCUT2D eigenvalue weighted by Crippen LogP contribution is 2.18. The van der Waals surface area contributed by atoms with Crippen LogP contribution in [0, 0.1) is 5.82 Å². The van der Waals surface area contributed by atoms with E-state index in [2.05, 4.69) is 15.3 Å². The Morgan fingerprint density at radius 3 is 2.73 bits per heavy atom. The number of aromatic nitrogens is 2. The number of nitrogens with one attached hydrogen (secondary N) is 1. The second-order valence-corrected chi connectivity index (χ2v) is 4.84. The van der Waals surface area contributed by atoms with Crippen molar-refractivity contribution in [3.8, 4) is 5.75 Å². The lowest BCUT2D eigenvalue weighted by Crippen LogP contribution is -2.19. The molecule has 0 aliphatic rings. The van der Waals surface area contributed by atoms with Gasteiger partial charge in [-0.2, -0.15) is 0 Å². The van der Waals surface area contributed by atoms with E-state index in [4.69, 9.17) is 9.84 Å². The minimum Gasteiger partial charge on any atom is -0.497 e. The van der Waals surface area contributed by atoms with Crippen molar-refractivity contribution in [3.63, 3.8) is 0 Å². The first-order chi connectivity index (χ1) is 10.5. The number of aromatic carboxylic acids is 1. The summed E-state index contributed by atoms with van der Waals surface area (Å²) in [6, 6.07) is 4.48. The zero-order valence-electron chi connectivity index (χ0n) is 12.2. The van der Waals surface area contributed by atoms with Crippen LogP contribution in [-0.4, -0.2) is 34.2 Å². The van der Waals surface area contributed by atoms with Crippen LogP contribution in [0.5, 0.6) is 5.75 Å². The number of halogens is 1. The lowest BCUT2D eigenvalue weighted by atomic mass is 10.1. The lowest BCUT2D eigenvalue weighted by molar-refractivity contribution is 0.0690. The third-order valence-electron chi connectivity index (χ3n) is 2.97. The van der Waals surface area contributed by atoms with Gasteiger partial charge in [0, 0.05) is 12.1 Å². The number of carboxylic acid groups (broad SMARTS) is 1. The quantitative estimate of drug-likeness (QED) is 0.852. The van der Waals surface area contributed by atoms with Crippen LogP contribution >= 0.6 is 0 Å². The predicted molar refractivity (Wildman–Crippen MR) is 78.7 cm³/mol. The van der Waals surface area contributed by atoms with Crippen molar-refractivity contribution in [2.75, 3.05) is 12.4 Å². The van der Waals surface area contributed by atoms with Gasteiger partial charge in [0.1, 0.15) is 17.4 Å². The summed E-state index contributed by atoms with van der Waals surface area (Å²) in [6.07, 6.45) is 3.09. The molecule has 0 radical (unpaired) electrons. The topological polar surface area (TPSA) is 84.3 Å². The third kappa shape index (κ3) is 4.15. The van der Waals surface area contributed by atoms with Crippen LogP contribution in [0.2, 0.25) is 0 Å². The minimum absolute atomic E-state index is 0.0449. The van der Waals surface area contributed by atoms with Crippen LogP contribution in [0.25, 0.3) is 0 Å². The Bertz CT molecular complexity index is 662. The number of hydrogen-bond acceptors (Lipinski definition) is 5. The molecule has 22 heavy (non-hydrogen) atoms. The molecule has 116 valence electrons. The van der Waals surface area contributed by atoms with Gasteiger partial charge in [-0.3, -0.25) is 0 Å². The van der Waals surface area contributed by atoms with E-state index in [0.717, 1.165) is 5.56 Å². The van der Waals surface area contributed by atoms with Gasteiger partial charge in [-0.15, -0.1) is 0 Å². The molecule has 1 unspecified atom stereocenters. The molecule has 2 aromatic rings. The molecule has 2 rings (SSSR count). The van der Waals surface area contributed by atoms with Crippen LogP contribution < -0.4 is 10.1 Å². The number of carbonyl (C=O) groups is 1. The van der Waals surface area contributed by atoms with E-state index in [0.29, 0.717) is 18.0 Å². The molecule has 0 saturated heterocycles. The highest BCUT2D eigenvalue weighted by Gasteiger charge is 2.09. The largest absolute Gasteiger partial charge is 0.497 e. The van der Waals surface area contributed by atoms with Gasteiger partial charge in [-0.1, -0.05) is 0 Å². The predicted octanol–water partition coefficient (Wildman–Crippen LogP) is 2.37. The fourth-order valence-electron chi connectivity index (χ4n) is 2.03. The normalized spacial score (nSPS) is 11.8. The average Bonchev–Trinajstić information content (AvgIpc) is 2.46. The molecule has 0 bridgehead atoms. The highest BCUT2D eigenvalue weighted by molar-refractivity contribution is 5.84. The first kappa shape index (κ1) is 15.7. The van der Waals surface area contributed by atoms with E-state index in [-0.39, 0.29) is 17.6 Å². The van der Waals surface area contributed by atoms with Crippen molar-refractivity contribution >= 4 is 11.8 Å². The number of ether oxygens (including phenoxy) is 1. The van der Waals surface area contributed by atoms with Gasteiger partial charge in [0.2, 0.25) is 0 Å². The summed E-state index contributed by atoms with van der Waals surface area (Å²) in [7, 11) is 1.49. The Labute approximate surface area is 127 Å². The van der Waals surface area contributed by atoms with E-state index < -0.39 is 5.97 Å². The van der Waals surface area contributed by atoms with Gasteiger partial charge >= 0.3 is 5.97 Å². The standard InChI is InChI=1S/C15H16FN3O3/c1-9(3-10-4-11(16)6-12(5-10)22-2)19-14-8-17-13(7-18-14)15(20)21/h4-9H,3H2,1-2H3,(H,18,19)(H,20,21). The lowest BCUT2D eigenvalue weighted by Gasteiger charge is -2.15. The Morgan fingerprint density at radius 2 is 2.14 bits per heavy atom. The van der Waals surface area contributed by atoms with Crippen molar-refractivity contribution in [1.29, 1.82) is 0 Å². The molecule has 1 heterocycles. The van der Waals surface area contributed by atoms with Gasteiger partial charge < -0.3 is 15.2 Å². The van der Waals surface area contributed by atoms with Crippen LogP contribution in [0.3, 0.4) is 0 Å². The third-order valence-corrected chi connectivity index (χ3v) is 2.97. The molecular formula is C15H16FN3O3. The van der Waals surface area contributed by atoms with Crippen LogP contribution in [-0.2, 0) is 6.42 Å². The summed E-state index contributed by atoms with van der Waals surface area (Å²) in [5, 5.41) is 11.8. The molecule has 2 N–H and O–H groups in total. The number of rotatable bonds is 6. The van der Waals surface area contributed by atoms with Gasteiger partial charge in [0.25, 0.3) is 0 Å². The average molecular weight is 305 g/mol. The fraction of sp³-hybridized carbons (Fsp3) is 0.267. The molecule has 0 saturated carbocycles. The number of methoxy groups -OCH3 is 1. The summed E-state index contributed by atoms with van der Waals surface area (Å²) in [4.78, 5) is 18.5. The van der Waals surface area contributed by atoms with Crippen molar-refractivity contribution in [2.45, 2.75) is 19.4 Å².